The number of anilines is 2. The molecule has 132 valence electrons. The van der Waals surface area contributed by atoms with Crippen LogP contribution in [0.15, 0.2) is 42.7 Å². The Morgan fingerprint density at radius 1 is 1.08 bits per heavy atom. The third kappa shape index (κ3) is 3.20. The number of halogens is 1. The van der Waals surface area contributed by atoms with Gasteiger partial charge in [0.1, 0.15) is 0 Å². The van der Waals surface area contributed by atoms with Crippen molar-refractivity contribution in [1.82, 2.24) is 19.9 Å². The molecule has 0 saturated carbocycles. The summed E-state index contributed by atoms with van der Waals surface area (Å²) < 4.78 is 13.6. The van der Waals surface area contributed by atoms with Crippen molar-refractivity contribution in [3.05, 3.63) is 59.8 Å². The predicted octanol–water partition coefficient (Wildman–Crippen LogP) is 3.60. The molecule has 1 aliphatic rings. The van der Waals surface area contributed by atoms with Gasteiger partial charge in [0.25, 0.3) is 0 Å². The molecule has 1 atom stereocenters. The van der Waals surface area contributed by atoms with Crippen LogP contribution >= 0.6 is 0 Å². The van der Waals surface area contributed by atoms with Crippen molar-refractivity contribution in [3.63, 3.8) is 0 Å². The van der Waals surface area contributed by atoms with Crippen molar-refractivity contribution in [1.29, 1.82) is 0 Å². The molecule has 2 heterocycles. The average molecular weight is 350 g/mol. The van der Waals surface area contributed by atoms with Gasteiger partial charge >= 0.3 is 0 Å². The van der Waals surface area contributed by atoms with Crippen molar-refractivity contribution in [3.8, 4) is 11.4 Å². The van der Waals surface area contributed by atoms with Crippen molar-refractivity contribution in [2.75, 3.05) is 17.7 Å². The lowest BCUT2D eigenvalue weighted by Gasteiger charge is -2.25. The smallest absolute Gasteiger partial charge is 0.225 e. The zero-order chi connectivity index (χ0) is 17.9. The average Bonchev–Trinajstić information content (AvgIpc) is 2.70. The number of hydrogen-bond donors (Lipinski definition) is 2. The Morgan fingerprint density at radius 3 is 2.73 bits per heavy atom. The van der Waals surface area contributed by atoms with Crippen molar-refractivity contribution in [2.24, 2.45) is 0 Å². The molecule has 0 unspecified atom stereocenters. The maximum atomic E-state index is 13.6. The van der Waals surface area contributed by atoms with Crippen LogP contribution in [-0.2, 0) is 6.42 Å². The summed E-state index contributed by atoms with van der Waals surface area (Å²) in [6.45, 7) is 0. The number of aromatic nitrogens is 4. The molecule has 0 spiro atoms. The fourth-order valence-electron chi connectivity index (χ4n) is 3.19. The monoisotopic (exact) mass is 350 g/mol. The Labute approximate surface area is 151 Å². The molecule has 1 aromatic carbocycles. The molecule has 0 bridgehead atoms. The molecule has 0 fully saturated rings. The van der Waals surface area contributed by atoms with E-state index in [4.69, 9.17) is 4.98 Å². The molecule has 26 heavy (non-hydrogen) atoms. The van der Waals surface area contributed by atoms with Crippen LogP contribution in [0.25, 0.3) is 11.4 Å². The molecular formula is C19H19FN6. The molecule has 0 radical (unpaired) electrons. The van der Waals surface area contributed by atoms with Crippen molar-refractivity contribution < 1.29 is 4.39 Å². The number of rotatable bonds is 4. The third-order valence-corrected chi connectivity index (χ3v) is 4.50. The van der Waals surface area contributed by atoms with Crippen LogP contribution in [0.5, 0.6) is 0 Å². The van der Waals surface area contributed by atoms with Gasteiger partial charge in [0.2, 0.25) is 5.95 Å². The minimum Gasteiger partial charge on any atom is -0.371 e. The third-order valence-electron chi connectivity index (χ3n) is 4.50. The van der Waals surface area contributed by atoms with E-state index in [1.807, 2.05) is 36.5 Å². The van der Waals surface area contributed by atoms with Crippen molar-refractivity contribution >= 4 is 11.8 Å². The first-order chi connectivity index (χ1) is 12.7. The number of aryl methyl sites for hydroxylation is 1. The number of nitrogens with one attached hydrogen (secondary N) is 2. The highest BCUT2D eigenvalue weighted by atomic mass is 19.1. The molecule has 2 N–H and O–H groups in total. The van der Waals surface area contributed by atoms with Crippen LogP contribution in [0.3, 0.4) is 0 Å². The minimum absolute atomic E-state index is 0.0127. The Bertz CT molecular complexity index is 915. The summed E-state index contributed by atoms with van der Waals surface area (Å²) in [5.74, 6) is 0.827. The summed E-state index contributed by atoms with van der Waals surface area (Å²) >= 11 is 0. The van der Waals surface area contributed by atoms with E-state index < -0.39 is 5.82 Å². The highest BCUT2D eigenvalue weighted by Crippen LogP contribution is 2.31. The quantitative estimate of drug-likeness (QED) is 0.749. The number of benzene rings is 1. The second-order valence-electron chi connectivity index (χ2n) is 6.19. The molecule has 6 nitrogen and oxygen atoms in total. The van der Waals surface area contributed by atoms with Gasteiger partial charge in [0.15, 0.2) is 17.5 Å². The lowest BCUT2D eigenvalue weighted by atomic mass is 9.92. The molecule has 0 saturated heterocycles. The molecule has 1 aliphatic carbocycles. The number of nitrogens with zero attached hydrogens (tertiary/aromatic N) is 4. The summed E-state index contributed by atoms with van der Waals surface area (Å²) in [6.07, 6.45) is 5.90. The van der Waals surface area contributed by atoms with Gasteiger partial charge in [0, 0.05) is 30.1 Å². The van der Waals surface area contributed by atoms with Crippen LogP contribution in [0.1, 0.15) is 30.1 Å². The van der Waals surface area contributed by atoms with E-state index in [0.717, 1.165) is 41.9 Å². The second kappa shape index (κ2) is 7.03. The van der Waals surface area contributed by atoms with E-state index in [0.29, 0.717) is 5.95 Å². The van der Waals surface area contributed by atoms with Crippen molar-refractivity contribution in [2.45, 2.75) is 25.3 Å². The Hall–Kier alpha value is -3.09. The fraction of sp³-hybridized carbons (Fsp3) is 0.263. The molecule has 3 aromatic rings. The topological polar surface area (TPSA) is 75.6 Å². The Balaban J connectivity index is 1.61. The number of hydrogen-bond acceptors (Lipinski definition) is 6. The minimum atomic E-state index is -0.474. The summed E-state index contributed by atoms with van der Waals surface area (Å²) in [7, 11) is 1.63. The first-order valence-electron chi connectivity index (χ1n) is 8.62. The fourth-order valence-corrected chi connectivity index (χ4v) is 3.19. The summed E-state index contributed by atoms with van der Waals surface area (Å²) in [6, 6.07) is 9.96. The van der Waals surface area contributed by atoms with Gasteiger partial charge in [-0.25, -0.2) is 19.3 Å². The van der Waals surface area contributed by atoms with Gasteiger partial charge in [-0.1, -0.05) is 30.3 Å². The second-order valence-corrected chi connectivity index (χ2v) is 6.19. The van der Waals surface area contributed by atoms with Crippen LogP contribution in [-0.4, -0.2) is 27.0 Å². The van der Waals surface area contributed by atoms with Gasteiger partial charge in [-0.2, -0.15) is 4.98 Å². The predicted molar refractivity (Wildman–Crippen MR) is 98.3 cm³/mol. The van der Waals surface area contributed by atoms with E-state index in [2.05, 4.69) is 25.6 Å². The molecule has 2 aromatic heterocycles. The molecule has 0 aliphatic heterocycles. The van der Waals surface area contributed by atoms with Gasteiger partial charge < -0.3 is 10.6 Å². The lowest BCUT2D eigenvalue weighted by Crippen LogP contribution is -2.20. The van der Waals surface area contributed by atoms with Gasteiger partial charge in [-0.15, -0.1) is 0 Å². The van der Waals surface area contributed by atoms with Gasteiger partial charge in [0.05, 0.1) is 12.2 Å². The maximum Gasteiger partial charge on any atom is 0.225 e. The van der Waals surface area contributed by atoms with E-state index in [1.54, 1.807) is 7.05 Å². The SMILES string of the molecule is CNc1nc(N[C@H]2CCCc3nc(-c4ccccc4)ncc32)ncc1F. The zero-order valence-corrected chi connectivity index (χ0v) is 14.4. The Morgan fingerprint density at radius 2 is 1.92 bits per heavy atom. The van der Waals surface area contributed by atoms with Crippen LogP contribution in [0.2, 0.25) is 0 Å². The largest absolute Gasteiger partial charge is 0.371 e. The number of fused-ring (bicyclic) bond motifs is 1. The van der Waals surface area contributed by atoms with E-state index in [9.17, 15) is 4.39 Å². The first-order valence-corrected chi connectivity index (χ1v) is 8.62. The lowest BCUT2D eigenvalue weighted by molar-refractivity contribution is 0.579. The van der Waals surface area contributed by atoms with E-state index >= 15 is 0 Å². The highest BCUT2D eigenvalue weighted by Gasteiger charge is 2.23. The molecule has 0 amide bonds. The van der Waals surface area contributed by atoms with E-state index in [1.165, 1.54) is 6.20 Å². The van der Waals surface area contributed by atoms with Gasteiger partial charge in [-0.3, -0.25) is 0 Å². The van der Waals surface area contributed by atoms with Crippen LogP contribution in [0.4, 0.5) is 16.2 Å². The molecule has 7 heteroatoms. The molecular weight excluding hydrogens is 331 g/mol. The molecule has 4 rings (SSSR count). The maximum absolute atomic E-state index is 13.6. The first kappa shape index (κ1) is 16.4. The standard InChI is InChI=1S/C19H19FN6/c1-21-18-14(20)11-23-19(26-18)25-16-9-5-8-15-13(16)10-22-17(24-15)12-6-3-2-4-7-12/h2-4,6-7,10-11,16H,5,8-9H2,1H3,(H2,21,23,25,26)/t16-/m0/s1. The summed E-state index contributed by atoms with van der Waals surface area (Å²) in [5, 5.41) is 6.02. The van der Waals surface area contributed by atoms with Crippen LogP contribution in [0, 0.1) is 5.82 Å². The van der Waals surface area contributed by atoms with E-state index in [-0.39, 0.29) is 11.9 Å². The highest BCUT2D eigenvalue weighted by molar-refractivity contribution is 5.55. The van der Waals surface area contributed by atoms with Crippen LogP contribution < -0.4 is 10.6 Å². The summed E-state index contributed by atoms with van der Waals surface area (Å²) in [4.78, 5) is 17.5. The summed E-state index contributed by atoms with van der Waals surface area (Å²) in [5.41, 5.74) is 3.10. The van der Waals surface area contributed by atoms with Gasteiger partial charge in [-0.05, 0) is 19.3 Å². The normalized spacial score (nSPS) is 16.0. The Kier molecular flexibility index (Phi) is 4.43. The zero-order valence-electron chi connectivity index (χ0n) is 14.4.